The molecular formula is C11H22N2O. The number of hydrogen-bond acceptors (Lipinski definition) is 2. The van der Waals surface area contributed by atoms with Crippen LogP contribution in [-0.2, 0) is 4.79 Å². The van der Waals surface area contributed by atoms with Crippen molar-refractivity contribution in [3.05, 3.63) is 0 Å². The van der Waals surface area contributed by atoms with Crippen molar-refractivity contribution >= 4 is 5.91 Å². The van der Waals surface area contributed by atoms with Crippen LogP contribution in [0.1, 0.15) is 39.5 Å². The summed E-state index contributed by atoms with van der Waals surface area (Å²) in [5.74, 6) is 0.431. The summed E-state index contributed by atoms with van der Waals surface area (Å²) in [6.07, 6.45) is 4.38. The number of hydrogen-bond donors (Lipinski definition) is 2. The molecule has 82 valence electrons. The summed E-state index contributed by atoms with van der Waals surface area (Å²) in [5, 5.41) is 6.33. The SMILES string of the molecule is CCCCNC(=O)[C@H]1CC[C@@H](C)NC1. The minimum Gasteiger partial charge on any atom is -0.356 e. The van der Waals surface area contributed by atoms with E-state index < -0.39 is 0 Å². The second-order valence-corrected chi connectivity index (χ2v) is 4.23. The molecule has 0 radical (unpaired) electrons. The summed E-state index contributed by atoms with van der Waals surface area (Å²) in [7, 11) is 0. The van der Waals surface area contributed by atoms with E-state index in [0.717, 1.165) is 38.8 Å². The smallest absolute Gasteiger partial charge is 0.224 e. The van der Waals surface area contributed by atoms with Gasteiger partial charge in [0.05, 0.1) is 5.92 Å². The van der Waals surface area contributed by atoms with E-state index in [4.69, 9.17) is 0 Å². The number of carbonyl (C=O) groups is 1. The number of amides is 1. The zero-order valence-corrected chi connectivity index (χ0v) is 9.31. The molecule has 3 heteroatoms. The highest BCUT2D eigenvalue weighted by atomic mass is 16.1. The topological polar surface area (TPSA) is 41.1 Å². The molecule has 2 atom stereocenters. The van der Waals surface area contributed by atoms with Crippen LogP contribution in [0.5, 0.6) is 0 Å². The average Bonchev–Trinajstić information content (AvgIpc) is 2.19. The van der Waals surface area contributed by atoms with Crippen LogP contribution in [0.15, 0.2) is 0 Å². The molecule has 1 saturated heterocycles. The molecule has 0 bridgehead atoms. The van der Waals surface area contributed by atoms with Crippen LogP contribution < -0.4 is 10.6 Å². The fraction of sp³-hybridized carbons (Fsp3) is 0.909. The Hall–Kier alpha value is -0.570. The van der Waals surface area contributed by atoms with Crippen molar-refractivity contribution in [1.29, 1.82) is 0 Å². The van der Waals surface area contributed by atoms with Crippen LogP contribution in [0.4, 0.5) is 0 Å². The van der Waals surface area contributed by atoms with Gasteiger partial charge in [0.15, 0.2) is 0 Å². The monoisotopic (exact) mass is 198 g/mol. The summed E-state index contributed by atoms with van der Waals surface area (Å²) in [4.78, 5) is 11.6. The lowest BCUT2D eigenvalue weighted by atomic mass is 9.95. The summed E-state index contributed by atoms with van der Waals surface area (Å²) < 4.78 is 0. The van der Waals surface area contributed by atoms with Gasteiger partial charge in [0.2, 0.25) is 5.91 Å². The van der Waals surface area contributed by atoms with Crippen LogP contribution in [-0.4, -0.2) is 25.0 Å². The van der Waals surface area contributed by atoms with Gasteiger partial charge in [-0.25, -0.2) is 0 Å². The summed E-state index contributed by atoms with van der Waals surface area (Å²) in [6, 6.07) is 0.578. The Bertz CT molecular complexity index is 174. The lowest BCUT2D eigenvalue weighted by molar-refractivity contribution is -0.125. The van der Waals surface area contributed by atoms with Gasteiger partial charge in [-0.15, -0.1) is 0 Å². The normalized spacial score (nSPS) is 27.3. The predicted octanol–water partition coefficient (Wildman–Crippen LogP) is 1.29. The molecule has 1 rings (SSSR count). The van der Waals surface area contributed by atoms with E-state index in [1.165, 1.54) is 0 Å². The van der Waals surface area contributed by atoms with Crippen molar-refractivity contribution in [1.82, 2.24) is 10.6 Å². The maximum absolute atomic E-state index is 11.6. The largest absolute Gasteiger partial charge is 0.356 e. The van der Waals surface area contributed by atoms with E-state index in [-0.39, 0.29) is 11.8 Å². The van der Waals surface area contributed by atoms with E-state index in [1.54, 1.807) is 0 Å². The Morgan fingerprint density at radius 1 is 1.50 bits per heavy atom. The first-order valence-electron chi connectivity index (χ1n) is 5.75. The van der Waals surface area contributed by atoms with Gasteiger partial charge >= 0.3 is 0 Å². The van der Waals surface area contributed by atoms with E-state index in [1.807, 2.05) is 0 Å². The van der Waals surface area contributed by atoms with E-state index in [0.29, 0.717) is 6.04 Å². The lowest BCUT2D eigenvalue weighted by Gasteiger charge is -2.26. The molecule has 0 aromatic heterocycles. The first-order chi connectivity index (χ1) is 6.74. The molecule has 0 aromatic rings. The number of nitrogens with one attached hydrogen (secondary N) is 2. The molecular weight excluding hydrogens is 176 g/mol. The number of rotatable bonds is 4. The van der Waals surface area contributed by atoms with Crippen molar-refractivity contribution in [2.24, 2.45) is 5.92 Å². The van der Waals surface area contributed by atoms with Gasteiger partial charge in [0, 0.05) is 19.1 Å². The summed E-state index contributed by atoms with van der Waals surface area (Å²) in [6.45, 7) is 5.99. The van der Waals surface area contributed by atoms with Gasteiger partial charge < -0.3 is 10.6 Å². The molecule has 0 aromatic carbocycles. The zero-order chi connectivity index (χ0) is 10.4. The van der Waals surface area contributed by atoms with Crippen molar-refractivity contribution in [2.45, 2.75) is 45.6 Å². The van der Waals surface area contributed by atoms with E-state index in [2.05, 4.69) is 24.5 Å². The van der Waals surface area contributed by atoms with Crippen LogP contribution in [0, 0.1) is 5.92 Å². The van der Waals surface area contributed by atoms with E-state index in [9.17, 15) is 4.79 Å². The molecule has 1 heterocycles. The molecule has 0 saturated carbocycles. The average molecular weight is 198 g/mol. The molecule has 0 spiro atoms. The Kier molecular flexibility index (Phi) is 4.94. The van der Waals surface area contributed by atoms with Gasteiger partial charge in [-0.05, 0) is 26.2 Å². The maximum Gasteiger partial charge on any atom is 0.224 e. The Labute approximate surface area is 86.6 Å². The Balaban J connectivity index is 2.17. The van der Waals surface area contributed by atoms with Crippen LogP contribution in [0.2, 0.25) is 0 Å². The second kappa shape index (κ2) is 6.02. The Morgan fingerprint density at radius 2 is 2.29 bits per heavy atom. The third-order valence-electron chi connectivity index (χ3n) is 2.86. The summed E-state index contributed by atoms with van der Waals surface area (Å²) in [5.41, 5.74) is 0. The molecule has 1 fully saturated rings. The minimum absolute atomic E-state index is 0.197. The highest BCUT2D eigenvalue weighted by molar-refractivity contribution is 5.78. The molecule has 1 aliphatic heterocycles. The molecule has 1 amide bonds. The molecule has 14 heavy (non-hydrogen) atoms. The van der Waals surface area contributed by atoms with Gasteiger partial charge in [-0.3, -0.25) is 4.79 Å². The summed E-state index contributed by atoms with van der Waals surface area (Å²) >= 11 is 0. The number of unbranched alkanes of at least 4 members (excludes halogenated alkanes) is 1. The van der Waals surface area contributed by atoms with E-state index >= 15 is 0 Å². The van der Waals surface area contributed by atoms with Gasteiger partial charge in [-0.2, -0.15) is 0 Å². The molecule has 2 N–H and O–H groups in total. The number of carbonyl (C=O) groups excluding carboxylic acids is 1. The van der Waals surface area contributed by atoms with Crippen LogP contribution >= 0.6 is 0 Å². The maximum atomic E-state index is 11.6. The fourth-order valence-corrected chi connectivity index (χ4v) is 1.76. The molecule has 3 nitrogen and oxygen atoms in total. The van der Waals surface area contributed by atoms with Crippen molar-refractivity contribution in [3.63, 3.8) is 0 Å². The van der Waals surface area contributed by atoms with Gasteiger partial charge in [0.1, 0.15) is 0 Å². The van der Waals surface area contributed by atoms with Crippen LogP contribution in [0.3, 0.4) is 0 Å². The standard InChI is InChI=1S/C11H22N2O/c1-3-4-7-12-11(14)10-6-5-9(2)13-8-10/h9-10,13H,3-8H2,1-2H3,(H,12,14)/t9-,10+/m1/s1. The highest BCUT2D eigenvalue weighted by Crippen LogP contribution is 2.13. The quantitative estimate of drug-likeness (QED) is 0.668. The molecule has 0 unspecified atom stereocenters. The first-order valence-corrected chi connectivity index (χ1v) is 5.75. The van der Waals surface area contributed by atoms with Gasteiger partial charge in [-0.1, -0.05) is 13.3 Å². The minimum atomic E-state index is 0.197. The third-order valence-corrected chi connectivity index (χ3v) is 2.86. The lowest BCUT2D eigenvalue weighted by Crippen LogP contribution is -2.44. The molecule has 1 aliphatic rings. The fourth-order valence-electron chi connectivity index (χ4n) is 1.76. The van der Waals surface area contributed by atoms with Crippen molar-refractivity contribution in [2.75, 3.05) is 13.1 Å². The Morgan fingerprint density at radius 3 is 2.86 bits per heavy atom. The first kappa shape index (κ1) is 11.5. The second-order valence-electron chi connectivity index (χ2n) is 4.23. The third kappa shape index (κ3) is 3.66. The zero-order valence-electron chi connectivity index (χ0n) is 9.31. The van der Waals surface area contributed by atoms with Crippen LogP contribution in [0.25, 0.3) is 0 Å². The highest BCUT2D eigenvalue weighted by Gasteiger charge is 2.23. The number of piperidine rings is 1. The predicted molar refractivity (Wildman–Crippen MR) is 58.1 cm³/mol. The van der Waals surface area contributed by atoms with Gasteiger partial charge in [0.25, 0.3) is 0 Å². The molecule has 0 aliphatic carbocycles. The van der Waals surface area contributed by atoms with Crippen molar-refractivity contribution < 1.29 is 4.79 Å². The van der Waals surface area contributed by atoms with Crippen molar-refractivity contribution in [3.8, 4) is 0 Å².